The van der Waals surface area contributed by atoms with Gasteiger partial charge in [0.15, 0.2) is 0 Å². The van der Waals surface area contributed by atoms with Crippen molar-refractivity contribution in [2.45, 2.75) is 0 Å². The van der Waals surface area contributed by atoms with Gasteiger partial charge < -0.3 is 5.48 Å². The van der Waals surface area contributed by atoms with Crippen LogP contribution in [0.15, 0.2) is 0 Å². The predicted molar refractivity (Wildman–Crippen MR) is 10.8 cm³/mol. The van der Waals surface area contributed by atoms with Gasteiger partial charge in [0.25, 0.3) is 0 Å². The Morgan fingerprint density at radius 1 is 1.00 bits per heavy atom. The summed E-state index contributed by atoms with van der Waals surface area (Å²) in [6.07, 6.45) is 0. The van der Waals surface area contributed by atoms with Crippen molar-refractivity contribution >= 4 is 18.9 Å². The van der Waals surface area contributed by atoms with Crippen molar-refractivity contribution in [1.82, 2.24) is 0 Å². The molecule has 0 bridgehead atoms. The number of hydrogen-bond donors (Lipinski definition) is 0. The quantitative estimate of drug-likeness (QED) is 0.439. The predicted octanol–water partition coefficient (Wildman–Crippen LogP) is -1.48. The molecule has 0 aromatic heterocycles. The molecule has 0 unspecified atom stereocenters. The smallest absolute Gasteiger partial charge is 0 e. The molecule has 0 aliphatic heterocycles. The van der Waals surface area contributed by atoms with E-state index in [4.69, 9.17) is 0 Å². The van der Waals surface area contributed by atoms with Crippen LogP contribution in [0.4, 0.5) is 0 Å². The first kappa shape index (κ1) is 31.8. The van der Waals surface area contributed by atoms with Crippen LogP contribution in [-0.4, -0.2) is 24.3 Å². The standard InChI is InChI=1S/La.Li.H2O.Ti.H/h;;1H2;;. The van der Waals surface area contributed by atoms with E-state index in [1.54, 1.807) is 0 Å². The van der Waals surface area contributed by atoms with Crippen LogP contribution in [0.3, 0.4) is 0 Å². The van der Waals surface area contributed by atoms with E-state index < -0.39 is 0 Å². The number of hydrogen-bond acceptors (Lipinski definition) is 0. The Kier molecular flexibility index (Phi) is 142. The summed E-state index contributed by atoms with van der Waals surface area (Å²) in [6.45, 7) is 0. The molecule has 0 aromatic carbocycles. The van der Waals surface area contributed by atoms with E-state index in [2.05, 4.69) is 0 Å². The largest absolute Gasteiger partial charge is 0 e. The third kappa shape index (κ3) is 8.82. The molecule has 4 heavy (non-hydrogen) atoms. The van der Waals surface area contributed by atoms with E-state index in [-0.39, 0.29) is 81.7 Å². The fourth-order valence-corrected chi connectivity index (χ4v) is 0. The minimum absolute atomic E-state index is 0. The van der Waals surface area contributed by atoms with Crippen LogP contribution < -0.4 is 0 Å². The van der Waals surface area contributed by atoms with Gasteiger partial charge in [0, 0.05) is 57.3 Å². The summed E-state index contributed by atoms with van der Waals surface area (Å²) < 4.78 is 0. The van der Waals surface area contributed by atoms with E-state index >= 15 is 0 Å². The summed E-state index contributed by atoms with van der Waals surface area (Å²) in [5.41, 5.74) is 0. The molecule has 0 fully saturated rings. The second kappa shape index (κ2) is 17.9. The molecule has 0 atom stereocenters. The average Bonchev–Trinajstić information content (AvgIpc) is 0. The maximum atomic E-state index is 0. The van der Waals surface area contributed by atoms with Crippen molar-refractivity contribution in [3.05, 3.63) is 0 Å². The Morgan fingerprint density at radius 2 is 1.00 bits per heavy atom. The summed E-state index contributed by atoms with van der Waals surface area (Å²) in [7, 11) is 0. The second-order valence-electron chi connectivity index (χ2n) is 0. The number of rotatable bonds is 0. The minimum atomic E-state index is 0. The summed E-state index contributed by atoms with van der Waals surface area (Å²) in [4.78, 5) is 0. The maximum Gasteiger partial charge on any atom is 0 e. The SMILES string of the molecule is O.[La].[LiH].[Ti]. The van der Waals surface area contributed by atoms with Crippen LogP contribution in [0.1, 0.15) is 0 Å². The Balaban J connectivity index is 0. The topological polar surface area (TPSA) is 31.5 Å². The van der Waals surface area contributed by atoms with Crippen LogP contribution in [0.2, 0.25) is 0 Å². The van der Waals surface area contributed by atoms with Gasteiger partial charge in [0.05, 0.1) is 0 Å². The van der Waals surface area contributed by atoms with Gasteiger partial charge in [-0.3, -0.25) is 0 Å². The average molecular weight is 213 g/mol. The van der Waals surface area contributed by atoms with E-state index in [1.807, 2.05) is 0 Å². The molecule has 17 valence electrons. The zero-order valence-corrected chi connectivity index (χ0v) is 6.76. The first-order chi connectivity index (χ1) is 0. The molecule has 0 saturated carbocycles. The molecule has 0 aromatic rings. The van der Waals surface area contributed by atoms with Crippen molar-refractivity contribution in [2.24, 2.45) is 0 Å². The molecule has 1 radical (unpaired) electrons. The summed E-state index contributed by atoms with van der Waals surface area (Å²) >= 11 is 0. The van der Waals surface area contributed by atoms with Crippen LogP contribution in [0.25, 0.3) is 0 Å². The van der Waals surface area contributed by atoms with Crippen LogP contribution >= 0.6 is 0 Å². The van der Waals surface area contributed by atoms with E-state index in [9.17, 15) is 0 Å². The van der Waals surface area contributed by atoms with Gasteiger partial charge in [-0.1, -0.05) is 0 Å². The molecule has 0 aliphatic carbocycles. The summed E-state index contributed by atoms with van der Waals surface area (Å²) in [5, 5.41) is 0. The van der Waals surface area contributed by atoms with Gasteiger partial charge in [0.1, 0.15) is 0 Å². The molecular weight excluding hydrogens is 210 g/mol. The molecule has 4 heteroatoms. The zero-order valence-electron chi connectivity index (χ0n) is 1.58. The van der Waals surface area contributed by atoms with Crippen molar-refractivity contribution in [3.63, 3.8) is 0 Å². The molecule has 2 N–H and O–H groups in total. The first-order valence-corrected chi connectivity index (χ1v) is 0. The molecule has 0 amide bonds. The third-order valence-electron chi connectivity index (χ3n) is 0. The fourth-order valence-electron chi connectivity index (χ4n) is 0. The molecule has 0 rings (SSSR count). The Morgan fingerprint density at radius 3 is 1.00 bits per heavy atom. The monoisotopic (exact) mass is 213 g/mol. The van der Waals surface area contributed by atoms with Gasteiger partial charge in [-0.15, -0.1) is 0 Å². The van der Waals surface area contributed by atoms with Gasteiger partial charge in [-0.25, -0.2) is 0 Å². The Hall–Kier alpha value is 2.47. The second-order valence-corrected chi connectivity index (χ2v) is 0. The minimum Gasteiger partial charge on any atom is 0 e. The molecule has 0 saturated heterocycles. The molecule has 0 aliphatic rings. The van der Waals surface area contributed by atoms with Crippen LogP contribution in [0.5, 0.6) is 0 Å². The summed E-state index contributed by atoms with van der Waals surface area (Å²) in [6, 6.07) is 0. The van der Waals surface area contributed by atoms with Gasteiger partial charge in [0.2, 0.25) is 0 Å². The van der Waals surface area contributed by atoms with Crippen molar-refractivity contribution in [1.29, 1.82) is 0 Å². The first-order valence-electron chi connectivity index (χ1n) is 0. The van der Waals surface area contributed by atoms with E-state index in [0.29, 0.717) is 0 Å². The summed E-state index contributed by atoms with van der Waals surface area (Å²) in [5.74, 6) is 0. The van der Waals surface area contributed by atoms with Gasteiger partial charge >= 0.3 is 18.9 Å². The van der Waals surface area contributed by atoms with Crippen molar-refractivity contribution in [2.75, 3.05) is 0 Å². The van der Waals surface area contributed by atoms with Gasteiger partial charge in [-0.2, -0.15) is 0 Å². The normalized spacial score (nSPS) is 0. The van der Waals surface area contributed by atoms with Crippen molar-refractivity contribution in [3.8, 4) is 0 Å². The van der Waals surface area contributed by atoms with E-state index in [0.717, 1.165) is 0 Å². The molecule has 0 spiro atoms. The van der Waals surface area contributed by atoms with E-state index in [1.165, 1.54) is 0 Å². The van der Waals surface area contributed by atoms with Crippen LogP contribution in [-0.2, 0) is 21.7 Å². The maximum absolute atomic E-state index is 0. The third-order valence-corrected chi connectivity index (χ3v) is 0. The Bertz CT molecular complexity index is 8.00. The van der Waals surface area contributed by atoms with Crippen molar-refractivity contribution < 1.29 is 62.8 Å². The fraction of sp³-hybridized carbons (Fsp3) is 0. The molecule has 0 heterocycles. The molecule has 1 nitrogen and oxygen atoms in total. The Labute approximate surface area is 80.3 Å². The van der Waals surface area contributed by atoms with Crippen LogP contribution in [0, 0.1) is 35.6 Å². The zero-order chi connectivity index (χ0) is 0. The molecular formula is H3LaLiOTi. The van der Waals surface area contributed by atoms with Gasteiger partial charge in [-0.05, 0) is 0 Å².